The van der Waals surface area contributed by atoms with E-state index in [1.807, 2.05) is 0 Å². The van der Waals surface area contributed by atoms with Crippen molar-refractivity contribution in [3.8, 4) is 0 Å². The van der Waals surface area contributed by atoms with Gasteiger partial charge in [-0.15, -0.1) is 5.10 Å². The monoisotopic (exact) mass is 379 g/mol. The van der Waals surface area contributed by atoms with Gasteiger partial charge in [0.15, 0.2) is 0 Å². The molecule has 0 spiro atoms. The molecule has 3 aromatic rings. The number of nitrogens with one attached hydrogen (secondary N) is 1. The minimum absolute atomic E-state index is 0.111. The zero-order chi connectivity index (χ0) is 19.8. The molecule has 0 bridgehead atoms. The van der Waals surface area contributed by atoms with Gasteiger partial charge in [-0.25, -0.2) is 14.5 Å². The summed E-state index contributed by atoms with van der Waals surface area (Å²) in [5.41, 5.74) is 7.60. The summed E-state index contributed by atoms with van der Waals surface area (Å²) >= 11 is 0. The predicted molar refractivity (Wildman–Crippen MR) is 90.9 cm³/mol. The van der Waals surface area contributed by atoms with Gasteiger partial charge in [-0.1, -0.05) is 0 Å². The van der Waals surface area contributed by atoms with Crippen LogP contribution in [0.3, 0.4) is 0 Å². The molecule has 0 fully saturated rings. The average molecular weight is 379 g/mol. The van der Waals surface area contributed by atoms with Crippen LogP contribution in [0.2, 0.25) is 0 Å². The third kappa shape index (κ3) is 3.96. The fraction of sp³-hybridized carbons (Fsp3) is 0.312. The number of pyridine rings is 1. The molecule has 3 heterocycles. The minimum Gasteiger partial charge on any atom is -0.384 e. The summed E-state index contributed by atoms with van der Waals surface area (Å²) in [5, 5.41) is 6.16. The summed E-state index contributed by atoms with van der Waals surface area (Å²) in [6, 6.07) is 3.18. The van der Waals surface area contributed by atoms with Crippen LogP contribution < -0.4 is 11.1 Å². The van der Waals surface area contributed by atoms with E-state index in [2.05, 4.69) is 25.4 Å². The Morgan fingerprint density at radius 3 is 2.63 bits per heavy atom. The predicted octanol–water partition coefficient (Wildman–Crippen LogP) is 2.31. The molecule has 0 saturated heterocycles. The van der Waals surface area contributed by atoms with E-state index in [-0.39, 0.29) is 24.5 Å². The molecule has 0 saturated carbocycles. The molecule has 0 unspecified atom stereocenters. The summed E-state index contributed by atoms with van der Waals surface area (Å²) in [7, 11) is 0. The molecule has 3 rings (SSSR count). The highest BCUT2D eigenvalue weighted by Crippen LogP contribution is 2.27. The lowest BCUT2D eigenvalue weighted by molar-refractivity contribution is -0.144. The van der Waals surface area contributed by atoms with Crippen molar-refractivity contribution in [3.63, 3.8) is 0 Å². The van der Waals surface area contributed by atoms with Crippen LogP contribution in [-0.2, 0) is 17.4 Å². The van der Waals surface area contributed by atoms with Crippen molar-refractivity contribution in [2.45, 2.75) is 32.9 Å². The van der Waals surface area contributed by atoms with Crippen LogP contribution in [0.4, 0.5) is 24.7 Å². The number of anilines is 2. The lowest BCUT2D eigenvalue weighted by Crippen LogP contribution is -2.14. The van der Waals surface area contributed by atoms with E-state index in [9.17, 15) is 18.0 Å². The molecule has 11 heteroatoms. The number of hydrogen-bond acceptors (Lipinski definition) is 6. The summed E-state index contributed by atoms with van der Waals surface area (Å²) in [4.78, 5) is 23.5. The van der Waals surface area contributed by atoms with Crippen molar-refractivity contribution < 1.29 is 18.0 Å². The van der Waals surface area contributed by atoms with E-state index in [1.54, 1.807) is 26.0 Å². The normalized spacial score (nSPS) is 11.7. The van der Waals surface area contributed by atoms with Gasteiger partial charge in [0, 0.05) is 17.8 Å². The molecule has 142 valence electrons. The van der Waals surface area contributed by atoms with Gasteiger partial charge >= 0.3 is 6.18 Å². The first kappa shape index (κ1) is 18.5. The maximum Gasteiger partial charge on any atom is 0.453 e. The quantitative estimate of drug-likeness (QED) is 0.720. The molecule has 1 amide bonds. The summed E-state index contributed by atoms with van der Waals surface area (Å²) in [5.74, 6) is -1.30. The van der Waals surface area contributed by atoms with Crippen LogP contribution in [0, 0.1) is 13.8 Å². The lowest BCUT2D eigenvalue weighted by Gasteiger charge is -2.10. The second kappa shape index (κ2) is 6.82. The van der Waals surface area contributed by atoms with E-state index in [1.165, 1.54) is 6.20 Å². The Morgan fingerprint density at radius 2 is 2.00 bits per heavy atom. The molecular weight excluding hydrogens is 363 g/mol. The molecule has 0 aliphatic heterocycles. The highest BCUT2D eigenvalue weighted by Gasteiger charge is 2.36. The summed E-state index contributed by atoms with van der Waals surface area (Å²) in [6.07, 6.45) is -2.82. The van der Waals surface area contributed by atoms with Gasteiger partial charge < -0.3 is 11.1 Å². The first-order valence-corrected chi connectivity index (χ1v) is 7.96. The average Bonchev–Trinajstić information content (AvgIpc) is 3.01. The van der Waals surface area contributed by atoms with Gasteiger partial charge in [0.2, 0.25) is 5.91 Å². The van der Waals surface area contributed by atoms with E-state index >= 15 is 0 Å². The van der Waals surface area contributed by atoms with Crippen molar-refractivity contribution in [1.82, 2.24) is 24.6 Å². The maximum absolute atomic E-state index is 12.8. The summed E-state index contributed by atoms with van der Waals surface area (Å²) in [6.45, 7) is 3.28. The van der Waals surface area contributed by atoms with Crippen molar-refractivity contribution in [1.29, 1.82) is 0 Å². The van der Waals surface area contributed by atoms with E-state index < -0.39 is 12.0 Å². The third-order valence-electron chi connectivity index (χ3n) is 3.97. The number of carbonyl (C=O) groups excluding carboxylic acids is 1. The Kier molecular flexibility index (Phi) is 4.68. The Hall–Kier alpha value is -3.24. The lowest BCUT2D eigenvalue weighted by atomic mass is 10.1. The number of halogens is 3. The molecule has 0 aliphatic carbocycles. The minimum atomic E-state index is -4.65. The van der Waals surface area contributed by atoms with Crippen molar-refractivity contribution >= 4 is 23.2 Å². The fourth-order valence-corrected chi connectivity index (χ4v) is 2.63. The van der Waals surface area contributed by atoms with Gasteiger partial charge in [-0.2, -0.15) is 18.2 Å². The first-order valence-electron chi connectivity index (χ1n) is 7.96. The number of amides is 1. The first-order chi connectivity index (χ1) is 12.6. The van der Waals surface area contributed by atoms with Gasteiger partial charge in [-0.05, 0) is 38.0 Å². The topological polar surface area (TPSA) is 111 Å². The number of carbonyl (C=O) groups is 1. The molecule has 0 aliphatic rings. The molecule has 0 atom stereocenters. The third-order valence-corrected chi connectivity index (χ3v) is 3.97. The Labute approximate surface area is 151 Å². The van der Waals surface area contributed by atoms with Crippen molar-refractivity contribution in [3.05, 3.63) is 41.1 Å². The Balaban J connectivity index is 1.78. The number of rotatable bonds is 4. The molecule has 27 heavy (non-hydrogen) atoms. The van der Waals surface area contributed by atoms with Crippen molar-refractivity contribution in [2.75, 3.05) is 11.1 Å². The standard InChI is InChI=1S/C16H16F3N7O/c1-8-11(4-6-13(27)23-10-3-5-12(20)21-7-10)9(2)26-15(22-8)24-14(25-26)16(17,18)19/h3,5,7H,4,6H2,1-2H3,(H2,20,21)(H,23,27). The van der Waals surface area contributed by atoms with E-state index in [0.29, 0.717) is 28.5 Å². The van der Waals surface area contributed by atoms with Gasteiger partial charge in [-0.3, -0.25) is 4.79 Å². The molecule has 0 radical (unpaired) electrons. The van der Waals surface area contributed by atoms with Crippen LogP contribution >= 0.6 is 0 Å². The number of aryl methyl sites for hydroxylation is 2. The maximum atomic E-state index is 12.8. The molecule has 3 N–H and O–H groups in total. The fourth-order valence-electron chi connectivity index (χ4n) is 2.63. The zero-order valence-electron chi connectivity index (χ0n) is 14.5. The second-order valence-corrected chi connectivity index (χ2v) is 5.93. The van der Waals surface area contributed by atoms with Crippen molar-refractivity contribution in [2.24, 2.45) is 0 Å². The molecule has 8 nitrogen and oxygen atoms in total. The van der Waals surface area contributed by atoms with Crippen LogP contribution in [0.15, 0.2) is 18.3 Å². The number of aromatic nitrogens is 5. The van der Waals surface area contributed by atoms with E-state index in [0.717, 1.165) is 4.52 Å². The van der Waals surface area contributed by atoms with Gasteiger partial charge in [0.1, 0.15) is 5.82 Å². The van der Waals surface area contributed by atoms with Crippen LogP contribution in [0.5, 0.6) is 0 Å². The summed E-state index contributed by atoms with van der Waals surface area (Å²) < 4.78 is 39.5. The highest BCUT2D eigenvalue weighted by atomic mass is 19.4. The second-order valence-electron chi connectivity index (χ2n) is 5.93. The highest BCUT2D eigenvalue weighted by molar-refractivity contribution is 5.90. The molecular formula is C16H16F3N7O. The molecule has 0 aromatic carbocycles. The number of hydrogen-bond donors (Lipinski definition) is 2. The number of nitrogen functional groups attached to an aromatic ring is 1. The van der Waals surface area contributed by atoms with Crippen LogP contribution in [-0.4, -0.2) is 30.5 Å². The van der Waals surface area contributed by atoms with Gasteiger partial charge in [0.05, 0.1) is 11.9 Å². The SMILES string of the molecule is Cc1nc2nc(C(F)(F)F)nn2c(C)c1CCC(=O)Nc1ccc(N)nc1. The Bertz CT molecular complexity index is 996. The van der Waals surface area contributed by atoms with Gasteiger partial charge in [0.25, 0.3) is 11.6 Å². The number of nitrogens with zero attached hydrogens (tertiary/aromatic N) is 5. The number of alkyl halides is 3. The Morgan fingerprint density at radius 1 is 1.26 bits per heavy atom. The molecule has 3 aromatic heterocycles. The zero-order valence-corrected chi connectivity index (χ0v) is 14.5. The van der Waals surface area contributed by atoms with Crippen LogP contribution in [0.25, 0.3) is 5.78 Å². The number of nitrogens with two attached hydrogens (primary N) is 1. The van der Waals surface area contributed by atoms with Crippen LogP contribution in [0.1, 0.15) is 29.2 Å². The largest absolute Gasteiger partial charge is 0.453 e. The number of fused-ring (bicyclic) bond motifs is 1. The smallest absolute Gasteiger partial charge is 0.384 e. The van der Waals surface area contributed by atoms with E-state index in [4.69, 9.17) is 5.73 Å².